The molecule has 0 aromatic rings. The molecule has 0 fully saturated rings. The number of hydrogen-bond acceptors (Lipinski definition) is 3. The van der Waals surface area contributed by atoms with Crippen molar-refractivity contribution in [3.05, 3.63) is 0 Å². The van der Waals surface area contributed by atoms with Crippen molar-refractivity contribution < 1.29 is 38.8 Å². The molecule has 6 heteroatoms. The fourth-order valence-electron chi connectivity index (χ4n) is 2.23. The molecule has 0 radical (unpaired) electrons. The Morgan fingerprint density at radius 2 is 1.27 bits per heavy atom. The van der Waals surface area contributed by atoms with Gasteiger partial charge in [-0.2, -0.15) is 0 Å². The monoisotopic (exact) mass is 330 g/mol. The van der Waals surface area contributed by atoms with Gasteiger partial charge in [0.05, 0.1) is 13.2 Å². The minimum absolute atomic E-state index is 0. The maximum Gasteiger partial charge on any atom is 1.00 e. The van der Waals surface area contributed by atoms with E-state index in [9.17, 15) is 9.46 Å². The first-order valence-corrected chi connectivity index (χ1v) is 10.1. The van der Waals surface area contributed by atoms with Crippen LogP contribution in [0, 0.1) is 11.8 Å². The predicted octanol–water partition coefficient (Wildman–Crippen LogP) is 2.67. The van der Waals surface area contributed by atoms with Gasteiger partial charge in [-0.3, -0.25) is 9.05 Å². The SMILES string of the molecule is CCCCC(CC)COP(=O)(O)OCC(CC)CCCC.[H-].[Li+]. The van der Waals surface area contributed by atoms with Gasteiger partial charge in [-0.05, 0) is 24.7 Å². The third-order valence-corrected chi connectivity index (χ3v) is 4.98. The van der Waals surface area contributed by atoms with Crippen LogP contribution in [0.5, 0.6) is 0 Å². The first-order chi connectivity index (χ1) is 9.99. The molecule has 0 bridgehead atoms. The molecule has 0 heterocycles. The molecule has 4 nitrogen and oxygen atoms in total. The van der Waals surface area contributed by atoms with Crippen LogP contribution in [-0.2, 0) is 13.6 Å². The van der Waals surface area contributed by atoms with Crippen LogP contribution in [0.15, 0.2) is 0 Å². The average Bonchev–Trinajstić information content (AvgIpc) is 2.47. The largest absolute Gasteiger partial charge is 1.00 e. The van der Waals surface area contributed by atoms with Gasteiger partial charge < -0.3 is 6.32 Å². The Bertz CT molecular complexity index is 271. The van der Waals surface area contributed by atoms with Crippen LogP contribution in [0.3, 0.4) is 0 Å². The van der Waals surface area contributed by atoms with Gasteiger partial charge in [0.25, 0.3) is 0 Å². The van der Waals surface area contributed by atoms with Crippen molar-refractivity contribution in [3.8, 4) is 0 Å². The Morgan fingerprint density at radius 1 is 0.909 bits per heavy atom. The van der Waals surface area contributed by atoms with E-state index in [1.54, 1.807) is 0 Å². The minimum atomic E-state index is -3.89. The van der Waals surface area contributed by atoms with Crippen molar-refractivity contribution in [2.45, 2.75) is 79.1 Å². The molecule has 22 heavy (non-hydrogen) atoms. The van der Waals surface area contributed by atoms with Gasteiger partial charge in [0, 0.05) is 0 Å². The quantitative estimate of drug-likeness (QED) is 0.393. The zero-order valence-corrected chi connectivity index (χ0v) is 16.2. The van der Waals surface area contributed by atoms with E-state index in [2.05, 4.69) is 27.7 Å². The summed E-state index contributed by atoms with van der Waals surface area (Å²) in [5.74, 6) is 0.687. The summed E-state index contributed by atoms with van der Waals surface area (Å²) >= 11 is 0. The third kappa shape index (κ3) is 13.2. The number of rotatable bonds is 14. The second-order valence-corrected chi connectivity index (χ2v) is 7.35. The number of unbranched alkanes of at least 4 members (excludes halogenated alkanes) is 2. The Labute approximate surface area is 151 Å². The Hall–Kier alpha value is 0.707. The zero-order chi connectivity index (χ0) is 16.1. The van der Waals surface area contributed by atoms with Crippen LogP contribution >= 0.6 is 7.82 Å². The van der Waals surface area contributed by atoms with Crippen LogP contribution in [-0.4, -0.2) is 18.1 Å². The molecule has 0 spiro atoms. The van der Waals surface area contributed by atoms with Crippen molar-refractivity contribution in [1.29, 1.82) is 0 Å². The van der Waals surface area contributed by atoms with Crippen LogP contribution in [0.4, 0.5) is 0 Å². The third-order valence-electron chi connectivity index (χ3n) is 4.03. The molecular weight excluding hydrogens is 294 g/mol. The Balaban J connectivity index is -0.00000200. The standard InChI is InChI=1S/C16H35O4P.Li.H/c1-5-9-11-15(7-3)13-19-21(17,18)20-14-16(8-4)12-10-6-2;;/h15-16H,5-14H2,1-4H3,(H,17,18);;/q;+1;-1. The van der Waals surface area contributed by atoms with Gasteiger partial charge in [-0.1, -0.05) is 66.2 Å². The van der Waals surface area contributed by atoms with Crippen molar-refractivity contribution in [2.75, 3.05) is 13.2 Å². The maximum absolute atomic E-state index is 11.9. The summed E-state index contributed by atoms with van der Waals surface area (Å²) in [6.45, 7) is 9.10. The topological polar surface area (TPSA) is 55.8 Å². The van der Waals surface area contributed by atoms with Crippen molar-refractivity contribution in [1.82, 2.24) is 0 Å². The molecule has 0 rings (SSSR count). The van der Waals surface area contributed by atoms with E-state index in [1.165, 1.54) is 0 Å². The Kier molecular flexibility index (Phi) is 17.3. The summed E-state index contributed by atoms with van der Waals surface area (Å²) < 4.78 is 22.2. The number of phosphoric ester groups is 1. The summed E-state index contributed by atoms with van der Waals surface area (Å²) in [4.78, 5) is 9.77. The van der Waals surface area contributed by atoms with E-state index in [4.69, 9.17) is 9.05 Å². The molecule has 0 aliphatic rings. The van der Waals surface area contributed by atoms with Gasteiger partial charge >= 0.3 is 26.7 Å². The molecule has 0 saturated carbocycles. The maximum atomic E-state index is 11.9. The van der Waals surface area contributed by atoms with Crippen LogP contribution < -0.4 is 18.9 Å². The average molecular weight is 330 g/mol. The van der Waals surface area contributed by atoms with Crippen molar-refractivity contribution >= 4 is 7.82 Å². The van der Waals surface area contributed by atoms with Crippen LogP contribution in [0.25, 0.3) is 0 Å². The summed E-state index contributed by atoms with van der Waals surface area (Å²) in [5, 5.41) is 0. The molecule has 0 aromatic heterocycles. The summed E-state index contributed by atoms with van der Waals surface area (Å²) in [6.07, 6.45) is 8.56. The fraction of sp³-hybridized carbons (Fsp3) is 1.00. The molecule has 0 saturated heterocycles. The molecule has 2 unspecified atom stereocenters. The Morgan fingerprint density at radius 3 is 1.55 bits per heavy atom. The van der Waals surface area contributed by atoms with E-state index >= 15 is 0 Å². The van der Waals surface area contributed by atoms with Crippen LogP contribution in [0.1, 0.15) is 80.5 Å². The molecule has 1 N–H and O–H groups in total. The fourth-order valence-corrected chi connectivity index (χ4v) is 3.11. The molecule has 2 atom stereocenters. The predicted molar refractivity (Wildman–Crippen MR) is 89.5 cm³/mol. The molecule has 0 aromatic carbocycles. The molecule has 130 valence electrons. The minimum Gasteiger partial charge on any atom is -1.00 e. The van der Waals surface area contributed by atoms with E-state index < -0.39 is 7.82 Å². The summed E-state index contributed by atoms with van der Waals surface area (Å²) in [7, 11) is -3.89. The van der Waals surface area contributed by atoms with Crippen LogP contribution in [0.2, 0.25) is 0 Å². The first-order valence-electron chi connectivity index (χ1n) is 8.60. The first kappa shape index (κ1) is 25.0. The molecule has 0 amide bonds. The van der Waals surface area contributed by atoms with Gasteiger partial charge in [0.1, 0.15) is 0 Å². The molecular formula is C16H36LiO4P. The van der Waals surface area contributed by atoms with Crippen molar-refractivity contribution in [3.63, 3.8) is 0 Å². The van der Waals surface area contributed by atoms with E-state index in [-0.39, 0.29) is 20.3 Å². The van der Waals surface area contributed by atoms with Gasteiger partial charge in [0.15, 0.2) is 0 Å². The number of hydrogen-bond donors (Lipinski definition) is 1. The van der Waals surface area contributed by atoms with Gasteiger partial charge in [-0.25, -0.2) is 4.57 Å². The second-order valence-electron chi connectivity index (χ2n) is 5.89. The van der Waals surface area contributed by atoms with Gasteiger partial charge in [0.2, 0.25) is 0 Å². The second kappa shape index (κ2) is 15.2. The normalized spacial score (nSPS) is 16.6. The zero-order valence-electron chi connectivity index (χ0n) is 16.3. The summed E-state index contributed by atoms with van der Waals surface area (Å²) in [6, 6.07) is 0. The van der Waals surface area contributed by atoms with Gasteiger partial charge in [-0.15, -0.1) is 0 Å². The van der Waals surface area contributed by atoms with Crippen molar-refractivity contribution in [2.24, 2.45) is 11.8 Å². The van der Waals surface area contributed by atoms with E-state index in [0.29, 0.717) is 25.0 Å². The van der Waals surface area contributed by atoms with E-state index in [1.807, 2.05) is 0 Å². The molecule has 0 aliphatic carbocycles. The smallest absolute Gasteiger partial charge is 1.00 e. The molecule has 0 aliphatic heterocycles. The van der Waals surface area contributed by atoms with E-state index in [0.717, 1.165) is 51.4 Å². The number of phosphoric acid groups is 1. The summed E-state index contributed by atoms with van der Waals surface area (Å²) in [5.41, 5.74) is 0.